The molecule has 2 aliphatic heterocycles. The quantitative estimate of drug-likeness (QED) is 0.514. The predicted octanol–water partition coefficient (Wildman–Crippen LogP) is 2.68. The van der Waals surface area contributed by atoms with Crippen LogP contribution in [-0.2, 0) is 9.59 Å². The Labute approximate surface area is 168 Å². The first kappa shape index (κ1) is 22.6. The first-order valence-electron chi connectivity index (χ1n) is 10.5. The van der Waals surface area contributed by atoms with Gasteiger partial charge >= 0.3 is 0 Å². The summed E-state index contributed by atoms with van der Waals surface area (Å²) in [5, 5.41) is 16.5. The molecule has 0 aromatic heterocycles. The number of amides is 1. The summed E-state index contributed by atoms with van der Waals surface area (Å²) in [6, 6.07) is 0.997. The highest BCUT2D eigenvalue weighted by molar-refractivity contribution is 5.79. The lowest BCUT2D eigenvalue weighted by molar-refractivity contribution is -0.139. The highest BCUT2D eigenvalue weighted by atomic mass is 16.3. The number of allylic oxidation sites excluding steroid dienone is 2. The number of hydrogen-bond donors (Lipinski definition) is 2. The molecule has 3 rings (SSSR count). The molecule has 0 aromatic rings. The molecule has 2 saturated heterocycles. The monoisotopic (exact) mass is 392 g/mol. The van der Waals surface area contributed by atoms with Gasteiger partial charge in [0.25, 0.3) is 6.47 Å². The molecule has 3 fully saturated rings. The van der Waals surface area contributed by atoms with Gasteiger partial charge in [-0.15, -0.1) is 13.2 Å². The second-order valence-corrected chi connectivity index (χ2v) is 8.31. The van der Waals surface area contributed by atoms with Crippen LogP contribution < -0.4 is 0 Å². The molecule has 158 valence electrons. The van der Waals surface area contributed by atoms with E-state index in [-0.39, 0.29) is 18.3 Å². The largest absolute Gasteiger partial charge is 0.483 e. The van der Waals surface area contributed by atoms with Gasteiger partial charge in [-0.25, -0.2) is 0 Å². The molecule has 0 aromatic carbocycles. The maximum Gasteiger partial charge on any atom is 0.290 e. The van der Waals surface area contributed by atoms with Gasteiger partial charge in [0, 0.05) is 37.6 Å². The third kappa shape index (κ3) is 4.84. The molecule has 1 amide bonds. The lowest BCUT2D eigenvalue weighted by atomic mass is 9.72. The summed E-state index contributed by atoms with van der Waals surface area (Å²) in [6.45, 7) is 10.6. The molecule has 1 saturated carbocycles. The number of carbonyl (C=O) groups excluding carboxylic acids is 1. The van der Waals surface area contributed by atoms with Crippen molar-refractivity contribution in [2.45, 2.75) is 63.5 Å². The van der Waals surface area contributed by atoms with Crippen molar-refractivity contribution in [3.05, 3.63) is 25.3 Å². The smallest absolute Gasteiger partial charge is 0.290 e. The fraction of sp³-hybridized carbons (Fsp3) is 0.727. The van der Waals surface area contributed by atoms with Crippen LogP contribution in [0.3, 0.4) is 0 Å². The Morgan fingerprint density at radius 1 is 1.11 bits per heavy atom. The minimum Gasteiger partial charge on any atom is -0.483 e. The van der Waals surface area contributed by atoms with Gasteiger partial charge in [-0.2, -0.15) is 0 Å². The zero-order chi connectivity index (χ0) is 20.6. The van der Waals surface area contributed by atoms with E-state index in [0.29, 0.717) is 24.1 Å². The van der Waals surface area contributed by atoms with Gasteiger partial charge in [0.1, 0.15) is 0 Å². The van der Waals surface area contributed by atoms with E-state index in [1.165, 1.54) is 19.3 Å². The van der Waals surface area contributed by atoms with Crippen LogP contribution in [0.2, 0.25) is 0 Å². The Balaban J connectivity index is 0.000000878. The molecule has 2 heterocycles. The van der Waals surface area contributed by atoms with Crippen LogP contribution in [0.1, 0.15) is 51.4 Å². The van der Waals surface area contributed by atoms with Gasteiger partial charge in [0.2, 0.25) is 5.91 Å². The van der Waals surface area contributed by atoms with Gasteiger partial charge in [-0.1, -0.05) is 18.6 Å². The third-order valence-electron chi connectivity index (χ3n) is 6.98. The van der Waals surface area contributed by atoms with E-state index in [0.717, 1.165) is 51.7 Å². The SMILES string of the molecule is C=CCC(CC=C)C(=O)N1CCC2(CCCC2N2CCC2CO)CC1.O=CO. The van der Waals surface area contributed by atoms with Gasteiger partial charge in [0.05, 0.1) is 6.61 Å². The van der Waals surface area contributed by atoms with Gasteiger partial charge in [0.15, 0.2) is 0 Å². The second kappa shape index (κ2) is 10.8. The molecule has 2 N–H and O–H groups in total. The number of likely N-dealkylation sites (tertiary alicyclic amines) is 2. The van der Waals surface area contributed by atoms with Crippen molar-refractivity contribution in [3.8, 4) is 0 Å². The van der Waals surface area contributed by atoms with Crippen molar-refractivity contribution >= 4 is 12.4 Å². The minimum absolute atomic E-state index is 0.0116. The number of piperidine rings is 1. The predicted molar refractivity (Wildman–Crippen MR) is 110 cm³/mol. The van der Waals surface area contributed by atoms with Gasteiger partial charge in [-0.3, -0.25) is 14.5 Å². The molecule has 6 heteroatoms. The zero-order valence-electron chi connectivity index (χ0n) is 17.0. The summed E-state index contributed by atoms with van der Waals surface area (Å²) in [5.41, 5.74) is 0.372. The summed E-state index contributed by atoms with van der Waals surface area (Å²) in [7, 11) is 0. The number of hydrogen-bond acceptors (Lipinski definition) is 4. The maximum atomic E-state index is 12.8. The Morgan fingerprint density at radius 2 is 1.71 bits per heavy atom. The number of carboxylic acid groups (broad SMARTS) is 1. The molecule has 6 nitrogen and oxygen atoms in total. The number of carbonyl (C=O) groups is 2. The average molecular weight is 393 g/mol. The first-order chi connectivity index (χ1) is 13.6. The van der Waals surface area contributed by atoms with Crippen LogP contribution in [0.5, 0.6) is 0 Å². The zero-order valence-corrected chi connectivity index (χ0v) is 17.0. The third-order valence-corrected chi connectivity index (χ3v) is 6.98. The Bertz CT molecular complexity index is 531. The highest BCUT2D eigenvalue weighted by Gasteiger charge is 2.50. The number of aliphatic hydroxyl groups is 1. The van der Waals surface area contributed by atoms with Crippen LogP contribution in [0.4, 0.5) is 0 Å². The summed E-state index contributed by atoms with van der Waals surface area (Å²) < 4.78 is 0. The van der Waals surface area contributed by atoms with Crippen LogP contribution in [0.15, 0.2) is 25.3 Å². The fourth-order valence-corrected chi connectivity index (χ4v) is 5.42. The summed E-state index contributed by atoms with van der Waals surface area (Å²) in [5.74, 6) is 0.291. The van der Waals surface area contributed by atoms with Crippen molar-refractivity contribution in [3.63, 3.8) is 0 Å². The van der Waals surface area contributed by atoms with E-state index in [1.54, 1.807) is 0 Å². The topological polar surface area (TPSA) is 81.1 Å². The fourth-order valence-electron chi connectivity index (χ4n) is 5.42. The van der Waals surface area contributed by atoms with Crippen molar-refractivity contribution < 1.29 is 19.8 Å². The van der Waals surface area contributed by atoms with E-state index >= 15 is 0 Å². The molecular formula is C22H36N2O4. The maximum absolute atomic E-state index is 12.8. The lowest BCUT2D eigenvalue weighted by Gasteiger charge is -2.53. The number of nitrogens with zero attached hydrogens (tertiary/aromatic N) is 2. The molecule has 1 aliphatic carbocycles. The Kier molecular flexibility index (Phi) is 8.70. The van der Waals surface area contributed by atoms with E-state index in [9.17, 15) is 9.90 Å². The first-order valence-corrected chi connectivity index (χ1v) is 10.5. The molecule has 0 bridgehead atoms. The van der Waals surface area contributed by atoms with Crippen LogP contribution in [0.25, 0.3) is 0 Å². The highest BCUT2D eigenvalue weighted by Crippen LogP contribution is 2.50. The van der Waals surface area contributed by atoms with Crippen molar-refractivity contribution in [2.75, 3.05) is 26.2 Å². The Morgan fingerprint density at radius 3 is 2.18 bits per heavy atom. The van der Waals surface area contributed by atoms with Crippen LogP contribution in [-0.4, -0.2) is 70.7 Å². The summed E-state index contributed by atoms with van der Waals surface area (Å²) >= 11 is 0. The number of aliphatic hydroxyl groups excluding tert-OH is 1. The van der Waals surface area contributed by atoms with Gasteiger partial charge in [-0.05, 0) is 50.4 Å². The molecule has 28 heavy (non-hydrogen) atoms. The Hall–Kier alpha value is -1.66. The van der Waals surface area contributed by atoms with Crippen molar-refractivity contribution in [2.24, 2.45) is 11.3 Å². The molecule has 1 spiro atoms. The molecular weight excluding hydrogens is 356 g/mol. The lowest BCUT2D eigenvalue weighted by Crippen LogP contribution is -2.60. The molecule has 2 unspecified atom stereocenters. The van der Waals surface area contributed by atoms with Gasteiger partial charge < -0.3 is 15.1 Å². The van der Waals surface area contributed by atoms with Crippen LogP contribution >= 0.6 is 0 Å². The van der Waals surface area contributed by atoms with E-state index in [1.807, 2.05) is 12.2 Å². The van der Waals surface area contributed by atoms with E-state index < -0.39 is 0 Å². The average Bonchev–Trinajstić information content (AvgIpc) is 3.04. The normalized spacial score (nSPS) is 26.3. The molecule has 3 aliphatic rings. The van der Waals surface area contributed by atoms with Crippen molar-refractivity contribution in [1.82, 2.24) is 9.80 Å². The summed E-state index contributed by atoms with van der Waals surface area (Å²) in [4.78, 5) is 25.9. The molecule has 2 atom stereocenters. The standard InChI is InChI=1S/C21H34N2O2.CH2O2/c1-3-6-17(7-4-2)20(25)22-14-11-21(12-15-22)10-5-8-19(21)23-13-9-18(23)16-24;2-1-3/h3-4,17-19,24H,1-2,5-16H2;1H,(H,2,3). The molecule has 0 radical (unpaired) electrons. The van der Waals surface area contributed by atoms with Crippen LogP contribution in [0, 0.1) is 11.3 Å². The summed E-state index contributed by atoms with van der Waals surface area (Å²) in [6.07, 6.45) is 12.4. The number of rotatable bonds is 7. The second-order valence-electron chi connectivity index (χ2n) is 8.31. The van der Waals surface area contributed by atoms with E-state index in [4.69, 9.17) is 9.90 Å². The minimum atomic E-state index is -0.250. The van der Waals surface area contributed by atoms with E-state index in [2.05, 4.69) is 23.0 Å². The van der Waals surface area contributed by atoms with Crippen molar-refractivity contribution in [1.29, 1.82) is 0 Å².